The molecule has 92 valence electrons. The van der Waals surface area contributed by atoms with Crippen LogP contribution in [-0.2, 0) is 0 Å². The minimum absolute atomic E-state index is 0. The van der Waals surface area contributed by atoms with Gasteiger partial charge in [0.05, 0.1) is 18.2 Å². The highest BCUT2D eigenvalue weighted by Gasteiger charge is 2.09. The van der Waals surface area contributed by atoms with Gasteiger partial charge in [0.25, 0.3) is 0 Å². The van der Waals surface area contributed by atoms with Crippen molar-refractivity contribution in [2.24, 2.45) is 0 Å². The second-order valence-electron chi connectivity index (χ2n) is 3.05. The lowest BCUT2D eigenvalue weighted by Gasteiger charge is -2.04. The van der Waals surface area contributed by atoms with Gasteiger partial charge in [-0.1, -0.05) is 0 Å². The highest BCUT2D eigenvalue weighted by molar-refractivity contribution is 6.02. The molecule has 0 aliphatic rings. The molecule has 6 heteroatoms. The summed E-state index contributed by atoms with van der Waals surface area (Å²) in [6, 6.07) is 6.64. The standard InChI is InChI=1S/C11H9NO3.2ClH/c1-15-7-2-3-10-9(6-7)8(11(13)14)4-5-12-10;;/h2-6H,1H3,(H,13,14);2*1H. The predicted octanol–water partition coefficient (Wildman–Crippen LogP) is 2.79. The zero-order chi connectivity index (χ0) is 10.8. The number of pyridine rings is 1. The Kier molecular flexibility index (Phi) is 5.71. The third-order valence-electron chi connectivity index (χ3n) is 2.18. The molecular weight excluding hydrogens is 265 g/mol. The average molecular weight is 276 g/mol. The number of fused-ring (bicyclic) bond motifs is 1. The van der Waals surface area contributed by atoms with Crippen molar-refractivity contribution in [3.63, 3.8) is 0 Å². The molecule has 1 aromatic heterocycles. The van der Waals surface area contributed by atoms with Gasteiger partial charge in [-0.25, -0.2) is 4.79 Å². The van der Waals surface area contributed by atoms with E-state index in [1.165, 1.54) is 19.4 Å². The van der Waals surface area contributed by atoms with Crippen molar-refractivity contribution in [1.82, 2.24) is 4.98 Å². The van der Waals surface area contributed by atoms with Crippen LogP contribution in [0, 0.1) is 0 Å². The Morgan fingerprint density at radius 1 is 1.29 bits per heavy atom. The van der Waals surface area contributed by atoms with E-state index in [9.17, 15) is 4.79 Å². The number of hydrogen-bond acceptors (Lipinski definition) is 3. The number of aromatic carboxylic acids is 1. The van der Waals surface area contributed by atoms with Crippen LogP contribution in [0.2, 0.25) is 0 Å². The summed E-state index contributed by atoms with van der Waals surface area (Å²) in [5.74, 6) is -0.339. The highest BCUT2D eigenvalue weighted by Crippen LogP contribution is 2.22. The summed E-state index contributed by atoms with van der Waals surface area (Å²) in [4.78, 5) is 15.0. The molecule has 0 atom stereocenters. The van der Waals surface area contributed by atoms with E-state index in [4.69, 9.17) is 9.84 Å². The van der Waals surface area contributed by atoms with E-state index in [0.717, 1.165) is 0 Å². The summed E-state index contributed by atoms with van der Waals surface area (Å²) in [6.07, 6.45) is 1.48. The molecule has 0 saturated heterocycles. The van der Waals surface area contributed by atoms with Gasteiger partial charge in [0.1, 0.15) is 5.75 Å². The molecule has 4 nitrogen and oxygen atoms in total. The third-order valence-corrected chi connectivity index (χ3v) is 2.18. The number of carboxylic acid groups (broad SMARTS) is 1. The number of ether oxygens (including phenoxy) is 1. The number of hydrogen-bond donors (Lipinski definition) is 1. The third kappa shape index (κ3) is 2.99. The molecule has 0 saturated carbocycles. The minimum atomic E-state index is -0.962. The molecule has 0 radical (unpaired) electrons. The van der Waals surface area contributed by atoms with Crippen molar-refractivity contribution < 1.29 is 14.6 Å². The first kappa shape index (κ1) is 15.5. The maximum absolute atomic E-state index is 10.9. The number of aromatic nitrogens is 1. The van der Waals surface area contributed by atoms with E-state index in [1.807, 2.05) is 0 Å². The maximum Gasteiger partial charge on any atom is 0.336 e. The van der Waals surface area contributed by atoms with Gasteiger partial charge in [-0.2, -0.15) is 0 Å². The summed E-state index contributed by atoms with van der Waals surface area (Å²) >= 11 is 0. The molecule has 2 aromatic rings. The Morgan fingerprint density at radius 2 is 2.00 bits per heavy atom. The number of nitrogens with zero attached hydrogens (tertiary/aromatic N) is 1. The minimum Gasteiger partial charge on any atom is -0.497 e. The van der Waals surface area contributed by atoms with E-state index in [1.54, 1.807) is 18.2 Å². The van der Waals surface area contributed by atoms with E-state index < -0.39 is 5.97 Å². The number of benzene rings is 1. The molecule has 0 unspecified atom stereocenters. The van der Waals surface area contributed by atoms with Gasteiger partial charge >= 0.3 is 5.97 Å². The van der Waals surface area contributed by atoms with Gasteiger partial charge in [-0.15, -0.1) is 24.8 Å². The van der Waals surface area contributed by atoms with Gasteiger partial charge in [0, 0.05) is 11.6 Å². The first-order valence-corrected chi connectivity index (χ1v) is 4.38. The summed E-state index contributed by atoms with van der Waals surface area (Å²) in [7, 11) is 1.54. The predicted molar refractivity (Wildman–Crippen MR) is 69.8 cm³/mol. The van der Waals surface area contributed by atoms with Crippen LogP contribution in [0.4, 0.5) is 0 Å². The summed E-state index contributed by atoms with van der Waals surface area (Å²) in [5, 5.41) is 9.57. The zero-order valence-electron chi connectivity index (χ0n) is 8.91. The van der Waals surface area contributed by atoms with Crippen LogP contribution in [0.1, 0.15) is 10.4 Å². The molecular formula is C11H11Cl2NO3. The molecule has 0 aliphatic heterocycles. The van der Waals surface area contributed by atoms with Crippen molar-refractivity contribution in [2.45, 2.75) is 0 Å². The van der Waals surface area contributed by atoms with Gasteiger partial charge in [-0.05, 0) is 24.3 Å². The highest BCUT2D eigenvalue weighted by atomic mass is 35.5. The Bertz CT molecular complexity index is 531. The Morgan fingerprint density at radius 3 is 2.59 bits per heavy atom. The molecule has 0 bridgehead atoms. The fourth-order valence-electron chi connectivity index (χ4n) is 1.44. The number of carboxylic acids is 1. The van der Waals surface area contributed by atoms with Crippen LogP contribution >= 0.6 is 24.8 Å². The molecule has 2 rings (SSSR count). The maximum atomic E-state index is 10.9. The first-order valence-electron chi connectivity index (χ1n) is 4.38. The Labute approximate surface area is 110 Å². The molecule has 0 amide bonds. The van der Waals surface area contributed by atoms with Crippen molar-refractivity contribution in [2.75, 3.05) is 7.11 Å². The van der Waals surface area contributed by atoms with Crippen LogP contribution in [0.5, 0.6) is 5.75 Å². The van der Waals surface area contributed by atoms with Crippen LogP contribution in [-0.4, -0.2) is 23.2 Å². The summed E-state index contributed by atoms with van der Waals surface area (Å²) in [5.41, 5.74) is 0.884. The van der Waals surface area contributed by atoms with Crippen LogP contribution in [0.25, 0.3) is 10.9 Å². The van der Waals surface area contributed by atoms with E-state index in [0.29, 0.717) is 16.7 Å². The monoisotopic (exact) mass is 275 g/mol. The zero-order valence-corrected chi connectivity index (χ0v) is 10.5. The van der Waals surface area contributed by atoms with Crippen molar-refractivity contribution >= 4 is 41.7 Å². The normalized spacial score (nSPS) is 9.00. The molecule has 1 heterocycles. The fraction of sp³-hybridized carbons (Fsp3) is 0.0909. The van der Waals surface area contributed by atoms with E-state index >= 15 is 0 Å². The Hall–Kier alpha value is -1.52. The fourth-order valence-corrected chi connectivity index (χ4v) is 1.44. The summed E-state index contributed by atoms with van der Waals surface area (Å²) in [6.45, 7) is 0. The Balaban J connectivity index is 0.00000128. The van der Waals surface area contributed by atoms with Crippen LogP contribution in [0.3, 0.4) is 0 Å². The quantitative estimate of drug-likeness (QED) is 0.916. The van der Waals surface area contributed by atoms with Gasteiger partial charge in [-0.3, -0.25) is 4.98 Å². The van der Waals surface area contributed by atoms with E-state index in [2.05, 4.69) is 4.98 Å². The van der Waals surface area contributed by atoms with Gasteiger partial charge < -0.3 is 9.84 Å². The number of halogens is 2. The molecule has 1 aromatic carbocycles. The molecule has 1 N–H and O–H groups in total. The molecule has 0 fully saturated rings. The SMILES string of the molecule is COc1ccc2nccc(C(=O)O)c2c1.Cl.Cl. The van der Waals surface area contributed by atoms with Crippen molar-refractivity contribution in [1.29, 1.82) is 0 Å². The topological polar surface area (TPSA) is 59.4 Å². The lowest BCUT2D eigenvalue weighted by atomic mass is 10.1. The number of rotatable bonds is 2. The smallest absolute Gasteiger partial charge is 0.336 e. The average Bonchev–Trinajstić information content (AvgIpc) is 2.27. The van der Waals surface area contributed by atoms with E-state index in [-0.39, 0.29) is 30.4 Å². The lowest BCUT2D eigenvalue weighted by molar-refractivity contribution is 0.0699. The van der Waals surface area contributed by atoms with Gasteiger partial charge in [0.15, 0.2) is 0 Å². The largest absolute Gasteiger partial charge is 0.497 e. The number of methoxy groups -OCH3 is 1. The molecule has 17 heavy (non-hydrogen) atoms. The molecule has 0 aliphatic carbocycles. The number of carbonyl (C=O) groups is 1. The van der Waals surface area contributed by atoms with Crippen molar-refractivity contribution in [3.8, 4) is 5.75 Å². The second-order valence-corrected chi connectivity index (χ2v) is 3.05. The van der Waals surface area contributed by atoms with Crippen LogP contribution < -0.4 is 4.74 Å². The second kappa shape index (κ2) is 6.27. The van der Waals surface area contributed by atoms with Crippen LogP contribution in [0.15, 0.2) is 30.5 Å². The molecule has 0 spiro atoms. The summed E-state index contributed by atoms with van der Waals surface area (Å²) < 4.78 is 5.04. The lowest BCUT2D eigenvalue weighted by Crippen LogP contribution is -1.98. The first-order chi connectivity index (χ1) is 7.22. The van der Waals surface area contributed by atoms with Gasteiger partial charge in [0.2, 0.25) is 0 Å². The van der Waals surface area contributed by atoms with Crippen molar-refractivity contribution in [3.05, 3.63) is 36.0 Å².